The molecule has 1 fully saturated rings. The highest BCUT2D eigenvalue weighted by molar-refractivity contribution is 7.90. The van der Waals surface area contributed by atoms with Crippen LogP contribution in [0.2, 0.25) is 0 Å². The molecule has 0 atom stereocenters. The van der Waals surface area contributed by atoms with E-state index in [1.165, 1.54) is 12.8 Å². The summed E-state index contributed by atoms with van der Waals surface area (Å²) in [6, 6.07) is 7.64. The molecule has 0 saturated heterocycles. The Morgan fingerprint density at radius 2 is 2.11 bits per heavy atom. The van der Waals surface area contributed by atoms with Crippen LogP contribution >= 0.6 is 0 Å². The molecule has 1 aliphatic carbocycles. The fourth-order valence-corrected chi connectivity index (χ4v) is 3.45. The largest absolute Gasteiger partial charge is 0.357 e. The van der Waals surface area contributed by atoms with Gasteiger partial charge < -0.3 is 10.2 Å². The highest BCUT2D eigenvalue weighted by atomic mass is 32.2. The van der Waals surface area contributed by atoms with Gasteiger partial charge in [-0.25, -0.2) is 0 Å². The van der Waals surface area contributed by atoms with Gasteiger partial charge >= 0.3 is 0 Å². The number of hydrogen-bond donors (Lipinski definition) is 1. The number of rotatable bonds is 4. The SMILES string of the molecule is CN(CCNC1CC1)C1=NS(=O)(=O)c2ccccc21. The maximum Gasteiger partial charge on any atom is 0.285 e. The Morgan fingerprint density at radius 1 is 1.37 bits per heavy atom. The Kier molecular flexibility index (Phi) is 3.06. The van der Waals surface area contributed by atoms with Crippen LogP contribution in [0.4, 0.5) is 0 Å². The van der Waals surface area contributed by atoms with Crippen molar-refractivity contribution in [1.29, 1.82) is 0 Å². The summed E-state index contributed by atoms with van der Waals surface area (Å²) >= 11 is 0. The minimum Gasteiger partial charge on any atom is -0.357 e. The lowest BCUT2D eigenvalue weighted by molar-refractivity contribution is 0.482. The summed E-state index contributed by atoms with van der Waals surface area (Å²) in [4.78, 5) is 2.21. The second kappa shape index (κ2) is 4.61. The van der Waals surface area contributed by atoms with Gasteiger partial charge in [-0.3, -0.25) is 0 Å². The molecule has 1 saturated carbocycles. The van der Waals surface area contributed by atoms with Crippen molar-refractivity contribution in [3.05, 3.63) is 29.8 Å². The summed E-state index contributed by atoms with van der Waals surface area (Å²) < 4.78 is 27.7. The van der Waals surface area contributed by atoms with Crippen molar-refractivity contribution in [2.45, 2.75) is 23.8 Å². The minimum atomic E-state index is -3.50. The number of hydrogen-bond acceptors (Lipinski definition) is 4. The van der Waals surface area contributed by atoms with Gasteiger partial charge in [0.1, 0.15) is 4.90 Å². The van der Waals surface area contributed by atoms with Gasteiger partial charge in [0.05, 0.1) is 0 Å². The van der Waals surface area contributed by atoms with E-state index < -0.39 is 10.0 Å². The number of amidine groups is 1. The van der Waals surface area contributed by atoms with Gasteiger partial charge in [-0.15, -0.1) is 4.40 Å². The van der Waals surface area contributed by atoms with Crippen LogP contribution in [0.15, 0.2) is 33.6 Å². The second-order valence-corrected chi connectivity index (χ2v) is 6.61. The van der Waals surface area contributed by atoms with E-state index in [-0.39, 0.29) is 0 Å². The minimum absolute atomic E-state index is 0.312. The van der Waals surface area contributed by atoms with Crippen LogP contribution in [0, 0.1) is 0 Å². The molecular formula is C13H17N3O2S. The Labute approximate surface area is 113 Å². The zero-order valence-electron chi connectivity index (χ0n) is 10.8. The average molecular weight is 279 g/mol. The lowest BCUT2D eigenvalue weighted by Gasteiger charge is -2.19. The Bertz CT molecular complexity index is 621. The van der Waals surface area contributed by atoms with Gasteiger partial charge in [0, 0.05) is 31.7 Å². The smallest absolute Gasteiger partial charge is 0.285 e. The highest BCUT2D eigenvalue weighted by Crippen LogP contribution is 2.26. The maximum atomic E-state index is 11.9. The first kappa shape index (κ1) is 12.6. The van der Waals surface area contributed by atoms with Crippen LogP contribution in [-0.2, 0) is 10.0 Å². The Balaban J connectivity index is 1.76. The highest BCUT2D eigenvalue weighted by Gasteiger charge is 2.30. The molecule has 6 heteroatoms. The predicted octanol–water partition coefficient (Wildman–Crippen LogP) is 0.819. The molecule has 0 aromatic heterocycles. The molecule has 1 aromatic carbocycles. The van der Waals surface area contributed by atoms with Crippen LogP contribution in [0.5, 0.6) is 0 Å². The molecular weight excluding hydrogens is 262 g/mol. The summed E-state index contributed by atoms with van der Waals surface area (Å²) in [5, 5.41) is 3.41. The van der Waals surface area contributed by atoms with Crippen LogP contribution < -0.4 is 5.32 Å². The number of nitrogens with one attached hydrogen (secondary N) is 1. The summed E-state index contributed by atoms with van der Waals surface area (Å²) in [5.41, 5.74) is 0.705. The Hall–Kier alpha value is -1.40. The molecule has 1 heterocycles. The third kappa shape index (κ3) is 2.50. The molecule has 5 nitrogen and oxygen atoms in total. The fourth-order valence-electron chi connectivity index (χ4n) is 2.19. The van der Waals surface area contributed by atoms with Crippen molar-refractivity contribution in [3.8, 4) is 0 Å². The van der Waals surface area contributed by atoms with E-state index in [2.05, 4.69) is 9.71 Å². The molecule has 102 valence electrons. The van der Waals surface area contributed by atoms with Crippen LogP contribution in [-0.4, -0.2) is 45.3 Å². The van der Waals surface area contributed by atoms with Gasteiger partial charge in [-0.05, 0) is 25.0 Å². The molecule has 19 heavy (non-hydrogen) atoms. The second-order valence-electron chi connectivity index (χ2n) is 5.04. The standard InChI is InChI=1S/C13H17N3O2S/c1-16(9-8-14-10-6-7-10)13-11-4-2-3-5-12(11)19(17,18)15-13/h2-5,10,14H,6-9H2,1H3. The number of likely N-dealkylation sites (N-methyl/N-ethyl adjacent to an activating group) is 1. The van der Waals surface area contributed by atoms with E-state index in [9.17, 15) is 8.42 Å². The van der Waals surface area contributed by atoms with Gasteiger partial charge in [-0.1, -0.05) is 12.1 Å². The van der Waals surface area contributed by atoms with Crippen molar-refractivity contribution in [3.63, 3.8) is 0 Å². The van der Waals surface area contributed by atoms with Crippen molar-refractivity contribution < 1.29 is 8.42 Å². The van der Waals surface area contributed by atoms with Crippen molar-refractivity contribution in [1.82, 2.24) is 10.2 Å². The lowest BCUT2D eigenvalue weighted by atomic mass is 10.2. The average Bonchev–Trinajstić information content (AvgIpc) is 3.16. The van der Waals surface area contributed by atoms with Crippen molar-refractivity contribution >= 4 is 15.9 Å². The molecule has 2 aliphatic rings. The number of sulfonamides is 1. The monoisotopic (exact) mass is 279 g/mol. The number of fused-ring (bicyclic) bond motifs is 1. The third-order valence-electron chi connectivity index (χ3n) is 3.43. The number of benzene rings is 1. The zero-order chi connectivity index (χ0) is 13.5. The summed E-state index contributed by atoms with van der Waals surface area (Å²) in [6.45, 7) is 1.60. The molecule has 1 aliphatic heterocycles. The molecule has 0 unspecified atom stereocenters. The van der Waals surface area contributed by atoms with Crippen molar-refractivity contribution in [2.75, 3.05) is 20.1 Å². The molecule has 0 spiro atoms. The topological polar surface area (TPSA) is 61.8 Å². The van der Waals surface area contributed by atoms with Gasteiger partial charge in [0.25, 0.3) is 10.0 Å². The maximum absolute atomic E-state index is 11.9. The summed E-state index contributed by atoms with van der Waals surface area (Å²) in [7, 11) is -1.62. The van der Waals surface area contributed by atoms with E-state index in [1.54, 1.807) is 12.1 Å². The summed E-state index contributed by atoms with van der Waals surface area (Å²) in [5.74, 6) is 0.549. The van der Waals surface area contributed by atoms with Crippen LogP contribution in [0.1, 0.15) is 18.4 Å². The molecule has 0 amide bonds. The predicted molar refractivity (Wildman–Crippen MR) is 73.8 cm³/mol. The van der Waals surface area contributed by atoms with E-state index in [1.807, 2.05) is 24.1 Å². The molecule has 1 aromatic rings. The first-order valence-electron chi connectivity index (χ1n) is 6.47. The van der Waals surface area contributed by atoms with Gasteiger partial charge in [0.15, 0.2) is 5.84 Å². The molecule has 3 rings (SSSR count). The quantitative estimate of drug-likeness (QED) is 0.886. The lowest BCUT2D eigenvalue weighted by Crippen LogP contribution is -2.34. The van der Waals surface area contributed by atoms with E-state index in [4.69, 9.17) is 0 Å². The van der Waals surface area contributed by atoms with E-state index in [0.29, 0.717) is 22.3 Å². The van der Waals surface area contributed by atoms with Crippen LogP contribution in [0.25, 0.3) is 0 Å². The first-order chi connectivity index (χ1) is 9.08. The normalized spacial score (nSPS) is 19.9. The summed E-state index contributed by atoms with van der Waals surface area (Å²) in [6.07, 6.45) is 2.50. The number of nitrogens with zero attached hydrogens (tertiary/aromatic N) is 2. The van der Waals surface area contributed by atoms with Gasteiger partial charge in [0.2, 0.25) is 0 Å². The molecule has 1 N–H and O–H groups in total. The molecule has 0 bridgehead atoms. The third-order valence-corrected chi connectivity index (χ3v) is 4.76. The fraction of sp³-hybridized carbons (Fsp3) is 0.462. The van der Waals surface area contributed by atoms with E-state index in [0.717, 1.165) is 13.1 Å². The first-order valence-corrected chi connectivity index (χ1v) is 7.91. The van der Waals surface area contributed by atoms with Crippen molar-refractivity contribution in [2.24, 2.45) is 4.40 Å². The molecule has 0 radical (unpaired) electrons. The van der Waals surface area contributed by atoms with E-state index >= 15 is 0 Å². The zero-order valence-corrected chi connectivity index (χ0v) is 11.7. The van der Waals surface area contributed by atoms with Crippen LogP contribution in [0.3, 0.4) is 0 Å². The van der Waals surface area contributed by atoms with Gasteiger partial charge in [-0.2, -0.15) is 8.42 Å². The Morgan fingerprint density at radius 3 is 2.84 bits per heavy atom.